The quantitative estimate of drug-likeness (QED) is 0.867. The average molecular weight is 284 g/mol. The first-order valence-electron chi connectivity index (χ1n) is 7.73. The van der Waals surface area contributed by atoms with Crippen molar-refractivity contribution in [3.05, 3.63) is 40.4 Å². The summed E-state index contributed by atoms with van der Waals surface area (Å²) in [5, 5.41) is 4.27. The van der Waals surface area contributed by atoms with Gasteiger partial charge in [0, 0.05) is 19.1 Å². The highest BCUT2D eigenvalue weighted by atomic mass is 16.1. The second-order valence-corrected chi connectivity index (χ2v) is 6.19. The van der Waals surface area contributed by atoms with Gasteiger partial charge in [0.15, 0.2) is 0 Å². The maximum absolute atomic E-state index is 12.1. The summed E-state index contributed by atoms with van der Waals surface area (Å²) in [4.78, 5) is 22.0. The number of nitrogens with zero attached hydrogens (tertiary/aromatic N) is 2. The number of para-hydroxylation sites is 1. The van der Waals surface area contributed by atoms with Gasteiger partial charge in [-0.05, 0) is 37.4 Å². The van der Waals surface area contributed by atoms with Gasteiger partial charge in [-0.3, -0.25) is 9.69 Å². The summed E-state index contributed by atoms with van der Waals surface area (Å²) in [6.45, 7) is 4.03. The number of piperidine rings is 1. The van der Waals surface area contributed by atoms with Gasteiger partial charge >= 0.3 is 0 Å². The van der Waals surface area contributed by atoms with E-state index in [0.29, 0.717) is 11.4 Å². The molecule has 0 aliphatic carbocycles. The number of nitrogens with one attached hydrogen (secondary N) is 2. The lowest BCUT2D eigenvalue weighted by molar-refractivity contribution is 0.305. The first kappa shape index (κ1) is 13.0. The SMILES string of the molecule is O=c1[nH]c(CN2C[C@@H]3CCCN[C@@H]3C2)nc2ccccc12. The van der Waals surface area contributed by atoms with Crippen molar-refractivity contribution in [1.29, 1.82) is 0 Å². The first-order valence-corrected chi connectivity index (χ1v) is 7.73. The van der Waals surface area contributed by atoms with Crippen LogP contribution in [0, 0.1) is 5.92 Å². The van der Waals surface area contributed by atoms with E-state index in [-0.39, 0.29) is 5.56 Å². The molecule has 2 saturated heterocycles. The molecule has 0 amide bonds. The van der Waals surface area contributed by atoms with Gasteiger partial charge in [0.1, 0.15) is 5.82 Å². The van der Waals surface area contributed by atoms with Crippen LogP contribution in [-0.4, -0.2) is 40.5 Å². The monoisotopic (exact) mass is 284 g/mol. The molecule has 0 bridgehead atoms. The van der Waals surface area contributed by atoms with Crippen LogP contribution in [0.4, 0.5) is 0 Å². The van der Waals surface area contributed by atoms with Crippen molar-refractivity contribution in [3.63, 3.8) is 0 Å². The summed E-state index contributed by atoms with van der Waals surface area (Å²) < 4.78 is 0. The van der Waals surface area contributed by atoms with E-state index in [4.69, 9.17) is 0 Å². The molecule has 2 N–H and O–H groups in total. The number of benzene rings is 1. The molecule has 110 valence electrons. The van der Waals surface area contributed by atoms with E-state index in [1.807, 2.05) is 24.3 Å². The largest absolute Gasteiger partial charge is 0.312 e. The Labute approximate surface area is 123 Å². The van der Waals surface area contributed by atoms with Crippen LogP contribution in [0.3, 0.4) is 0 Å². The number of hydrogen-bond acceptors (Lipinski definition) is 4. The zero-order valence-electron chi connectivity index (χ0n) is 12.0. The van der Waals surface area contributed by atoms with Crippen LogP contribution in [0.5, 0.6) is 0 Å². The number of rotatable bonds is 2. The molecule has 2 fully saturated rings. The molecule has 1 aromatic heterocycles. The van der Waals surface area contributed by atoms with Crippen molar-refractivity contribution in [2.75, 3.05) is 19.6 Å². The van der Waals surface area contributed by atoms with Gasteiger partial charge in [0.25, 0.3) is 5.56 Å². The van der Waals surface area contributed by atoms with Gasteiger partial charge in [-0.25, -0.2) is 4.98 Å². The standard InChI is InChI=1S/C16H20N4O/c21-16-12-5-1-2-6-13(12)18-15(19-16)10-20-8-11-4-3-7-17-14(11)9-20/h1-2,5-6,11,14,17H,3-4,7-10H2,(H,18,19,21)/t11-,14+/m0/s1. The molecule has 2 atom stereocenters. The van der Waals surface area contributed by atoms with E-state index in [1.165, 1.54) is 12.8 Å². The molecule has 5 nitrogen and oxygen atoms in total. The van der Waals surface area contributed by atoms with E-state index >= 15 is 0 Å². The molecule has 1 aromatic carbocycles. The summed E-state index contributed by atoms with van der Waals surface area (Å²) >= 11 is 0. The van der Waals surface area contributed by atoms with E-state index in [1.54, 1.807) is 0 Å². The third-order valence-corrected chi connectivity index (χ3v) is 4.71. The number of hydrogen-bond donors (Lipinski definition) is 2. The van der Waals surface area contributed by atoms with Crippen LogP contribution in [0.15, 0.2) is 29.1 Å². The predicted octanol–water partition coefficient (Wildman–Crippen LogP) is 1.11. The first-order chi connectivity index (χ1) is 10.3. The highest BCUT2D eigenvalue weighted by molar-refractivity contribution is 5.77. The van der Waals surface area contributed by atoms with Gasteiger partial charge in [0.05, 0.1) is 17.4 Å². The van der Waals surface area contributed by atoms with Crippen molar-refractivity contribution < 1.29 is 0 Å². The van der Waals surface area contributed by atoms with Gasteiger partial charge in [-0.1, -0.05) is 12.1 Å². The second kappa shape index (κ2) is 5.24. The summed E-state index contributed by atoms with van der Waals surface area (Å²) in [6, 6.07) is 8.13. The molecule has 0 spiro atoms. The van der Waals surface area contributed by atoms with Crippen LogP contribution < -0.4 is 10.9 Å². The van der Waals surface area contributed by atoms with Crippen LogP contribution in [0.25, 0.3) is 10.9 Å². The van der Waals surface area contributed by atoms with Crippen molar-refractivity contribution in [2.24, 2.45) is 5.92 Å². The minimum atomic E-state index is -0.0367. The van der Waals surface area contributed by atoms with Crippen molar-refractivity contribution in [3.8, 4) is 0 Å². The molecular weight excluding hydrogens is 264 g/mol. The highest BCUT2D eigenvalue weighted by Gasteiger charge is 2.34. The molecule has 5 heteroatoms. The van der Waals surface area contributed by atoms with Crippen molar-refractivity contribution >= 4 is 10.9 Å². The molecule has 0 saturated carbocycles. The number of aromatic nitrogens is 2. The second-order valence-electron chi connectivity index (χ2n) is 6.19. The minimum absolute atomic E-state index is 0.0367. The third kappa shape index (κ3) is 2.47. The number of likely N-dealkylation sites (tertiary alicyclic amines) is 1. The summed E-state index contributed by atoms with van der Waals surface area (Å²) in [5.41, 5.74) is 0.747. The van der Waals surface area contributed by atoms with Crippen molar-refractivity contribution in [2.45, 2.75) is 25.4 Å². The van der Waals surface area contributed by atoms with Gasteiger partial charge in [0.2, 0.25) is 0 Å². The van der Waals surface area contributed by atoms with Crippen LogP contribution in [0.2, 0.25) is 0 Å². The lowest BCUT2D eigenvalue weighted by Crippen LogP contribution is -2.40. The van der Waals surface area contributed by atoms with Gasteiger partial charge < -0.3 is 10.3 Å². The number of H-pyrrole nitrogens is 1. The molecule has 4 rings (SSSR count). The van der Waals surface area contributed by atoms with Crippen LogP contribution in [-0.2, 0) is 6.54 Å². The van der Waals surface area contributed by atoms with E-state index < -0.39 is 0 Å². The Morgan fingerprint density at radius 1 is 1.29 bits per heavy atom. The number of fused-ring (bicyclic) bond motifs is 2. The lowest BCUT2D eigenvalue weighted by Gasteiger charge is -2.24. The van der Waals surface area contributed by atoms with Crippen LogP contribution in [0.1, 0.15) is 18.7 Å². The van der Waals surface area contributed by atoms with Gasteiger partial charge in [-0.2, -0.15) is 0 Å². The zero-order chi connectivity index (χ0) is 14.2. The molecule has 2 aromatic rings. The molecule has 0 unspecified atom stereocenters. The maximum Gasteiger partial charge on any atom is 0.258 e. The molecule has 3 heterocycles. The Bertz CT molecular complexity index is 697. The Morgan fingerprint density at radius 3 is 3.10 bits per heavy atom. The fourth-order valence-corrected chi connectivity index (χ4v) is 3.69. The Hall–Kier alpha value is -1.72. The lowest BCUT2D eigenvalue weighted by atomic mass is 9.94. The topological polar surface area (TPSA) is 61.0 Å². The maximum atomic E-state index is 12.1. The van der Waals surface area contributed by atoms with Crippen LogP contribution >= 0.6 is 0 Å². The smallest absolute Gasteiger partial charge is 0.258 e. The minimum Gasteiger partial charge on any atom is -0.312 e. The molecule has 0 radical (unpaired) electrons. The van der Waals surface area contributed by atoms with Crippen molar-refractivity contribution in [1.82, 2.24) is 20.2 Å². The summed E-state index contributed by atoms with van der Waals surface area (Å²) in [6.07, 6.45) is 2.59. The molecular formula is C16H20N4O. The normalized spacial score (nSPS) is 26.1. The Balaban J connectivity index is 1.56. The molecule has 2 aliphatic heterocycles. The summed E-state index contributed by atoms with van der Waals surface area (Å²) in [7, 11) is 0. The van der Waals surface area contributed by atoms with Gasteiger partial charge in [-0.15, -0.1) is 0 Å². The number of aromatic amines is 1. The average Bonchev–Trinajstić information content (AvgIpc) is 2.89. The zero-order valence-corrected chi connectivity index (χ0v) is 12.0. The highest BCUT2D eigenvalue weighted by Crippen LogP contribution is 2.25. The predicted molar refractivity (Wildman–Crippen MR) is 82.2 cm³/mol. The fraction of sp³-hybridized carbons (Fsp3) is 0.500. The third-order valence-electron chi connectivity index (χ3n) is 4.71. The van der Waals surface area contributed by atoms with E-state index in [9.17, 15) is 4.79 Å². The Morgan fingerprint density at radius 2 is 2.19 bits per heavy atom. The van der Waals surface area contributed by atoms with E-state index in [2.05, 4.69) is 20.2 Å². The van der Waals surface area contributed by atoms with E-state index in [0.717, 1.165) is 43.4 Å². The summed E-state index contributed by atoms with van der Waals surface area (Å²) in [5.74, 6) is 1.53. The molecule has 2 aliphatic rings. The Kier molecular flexibility index (Phi) is 3.24. The molecule has 21 heavy (non-hydrogen) atoms. The fourth-order valence-electron chi connectivity index (χ4n) is 3.69.